The maximum absolute atomic E-state index is 12.5. The Morgan fingerprint density at radius 2 is 2.04 bits per heavy atom. The van der Waals surface area contributed by atoms with Crippen LogP contribution in [-0.4, -0.2) is 42.1 Å². The zero-order chi connectivity index (χ0) is 19.2. The second kappa shape index (κ2) is 8.79. The maximum Gasteiger partial charge on any atom is 0.326 e. The topological polar surface area (TPSA) is 105 Å². The van der Waals surface area contributed by atoms with Gasteiger partial charge in [-0.05, 0) is 42.5 Å². The normalized spacial score (nSPS) is 17.7. The monoisotopic (exact) mass is 388 g/mol. The number of thiophene rings is 1. The Morgan fingerprint density at radius 3 is 2.70 bits per heavy atom. The summed E-state index contributed by atoms with van der Waals surface area (Å²) in [4.78, 5) is 36.8. The molecule has 0 bridgehead atoms. The molecule has 1 aliphatic rings. The van der Waals surface area contributed by atoms with Gasteiger partial charge in [0.05, 0.1) is 11.5 Å². The summed E-state index contributed by atoms with van der Waals surface area (Å²) in [5.74, 6) is -2.10. The molecule has 0 aliphatic carbocycles. The molecule has 2 aromatic rings. The fourth-order valence-electron chi connectivity index (χ4n) is 2.97. The minimum Gasteiger partial charge on any atom is -0.480 e. The van der Waals surface area contributed by atoms with Gasteiger partial charge >= 0.3 is 5.97 Å². The van der Waals surface area contributed by atoms with Crippen molar-refractivity contribution < 1.29 is 24.2 Å². The third-order valence-corrected chi connectivity index (χ3v) is 5.22. The number of carboxylic acid groups (broad SMARTS) is 1. The van der Waals surface area contributed by atoms with Crippen molar-refractivity contribution in [1.82, 2.24) is 5.32 Å². The quantitative estimate of drug-likeness (QED) is 0.706. The van der Waals surface area contributed by atoms with Gasteiger partial charge in [-0.2, -0.15) is 0 Å². The number of carbonyl (C=O) groups is 3. The lowest BCUT2D eigenvalue weighted by Gasteiger charge is -2.28. The van der Waals surface area contributed by atoms with Crippen molar-refractivity contribution in [2.75, 3.05) is 18.5 Å². The van der Waals surface area contributed by atoms with Crippen LogP contribution in [0.4, 0.5) is 5.69 Å². The molecule has 2 atom stereocenters. The van der Waals surface area contributed by atoms with E-state index in [4.69, 9.17) is 4.74 Å². The van der Waals surface area contributed by atoms with E-state index < -0.39 is 17.9 Å². The standard InChI is InChI=1S/C19H20N2O5S/c22-17(21-16(19(24)25)13-5-2-8-26-11-13)12-4-1-6-14(10-12)20-18(23)15-7-3-9-27-15/h1,3-4,6-7,9-10,13,16H,2,5,8,11H2,(H,20,23)(H,21,22)(H,24,25). The van der Waals surface area contributed by atoms with Crippen LogP contribution in [-0.2, 0) is 9.53 Å². The van der Waals surface area contributed by atoms with E-state index in [0.29, 0.717) is 30.2 Å². The average molecular weight is 388 g/mol. The zero-order valence-electron chi connectivity index (χ0n) is 14.5. The van der Waals surface area contributed by atoms with Gasteiger partial charge in [-0.1, -0.05) is 12.1 Å². The molecule has 8 heteroatoms. The first-order valence-electron chi connectivity index (χ1n) is 8.61. The molecule has 1 aromatic heterocycles. The minimum atomic E-state index is -1.08. The van der Waals surface area contributed by atoms with Crippen LogP contribution in [0.15, 0.2) is 41.8 Å². The molecule has 2 amide bonds. The van der Waals surface area contributed by atoms with Crippen molar-refractivity contribution in [2.45, 2.75) is 18.9 Å². The molecule has 7 nitrogen and oxygen atoms in total. The van der Waals surface area contributed by atoms with E-state index in [0.717, 1.165) is 6.42 Å². The van der Waals surface area contributed by atoms with E-state index >= 15 is 0 Å². The number of carbonyl (C=O) groups excluding carboxylic acids is 2. The number of ether oxygens (including phenoxy) is 1. The van der Waals surface area contributed by atoms with E-state index in [1.54, 1.807) is 35.7 Å². The van der Waals surface area contributed by atoms with E-state index in [1.807, 2.05) is 0 Å². The molecule has 1 saturated heterocycles. The molecular formula is C19H20N2O5S. The molecule has 1 aromatic carbocycles. The van der Waals surface area contributed by atoms with Crippen molar-refractivity contribution in [3.63, 3.8) is 0 Å². The number of rotatable bonds is 6. The van der Waals surface area contributed by atoms with E-state index in [-0.39, 0.29) is 17.4 Å². The van der Waals surface area contributed by atoms with Crippen molar-refractivity contribution in [3.8, 4) is 0 Å². The molecule has 3 N–H and O–H groups in total. The minimum absolute atomic E-state index is 0.259. The number of amides is 2. The SMILES string of the molecule is O=C(NC(C(=O)O)C1CCCOC1)c1cccc(NC(=O)c2cccs2)c1. The lowest BCUT2D eigenvalue weighted by atomic mass is 9.93. The van der Waals surface area contributed by atoms with Crippen LogP contribution >= 0.6 is 11.3 Å². The fraction of sp³-hybridized carbons (Fsp3) is 0.316. The van der Waals surface area contributed by atoms with Gasteiger partial charge in [-0.3, -0.25) is 9.59 Å². The van der Waals surface area contributed by atoms with Crippen molar-refractivity contribution in [1.29, 1.82) is 0 Å². The van der Waals surface area contributed by atoms with Crippen LogP contribution in [0.2, 0.25) is 0 Å². The van der Waals surface area contributed by atoms with Crippen LogP contribution in [0, 0.1) is 5.92 Å². The number of hydrogen-bond acceptors (Lipinski definition) is 5. The molecule has 1 aliphatic heterocycles. The van der Waals surface area contributed by atoms with Crippen LogP contribution < -0.4 is 10.6 Å². The first-order chi connectivity index (χ1) is 13.0. The van der Waals surface area contributed by atoms with Gasteiger partial charge in [0.2, 0.25) is 0 Å². The van der Waals surface area contributed by atoms with Gasteiger partial charge in [-0.25, -0.2) is 4.79 Å². The van der Waals surface area contributed by atoms with Gasteiger partial charge in [0.15, 0.2) is 0 Å². The van der Waals surface area contributed by atoms with Crippen LogP contribution in [0.3, 0.4) is 0 Å². The Hall–Kier alpha value is -2.71. The molecule has 27 heavy (non-hydrogen) atoms. The Labute approximate surface area is 160 Å². The molecule has 3 rings (SSSR count). The predicted molar refractivity (Wildman–Crippen MR) is 101 cm³/mol. The maximum atomic E-state index is 12.5. The summed E-state index contributed by atoms with van der Waals surface area (Å²) >= 11 is 1.32. The van der Waals surface area contributed by atoms with Gasteiger partial charge in [0, 0.05) is 23.8 Å². The second-order valence-electron chi connectivity index (χ2n) is 6.28. The summed E-state index contributed by atoms with van der Waals surface area (Å²) in [6.07, 6.45) is 1.46. The zero-order valence-corrected chi connectivity index (χ0v) is 15.3. The van der Waals surface area contributed by atoms with Crippen molar-refractivity contribution in [2.24, 2.45) is 5.92 Å². The molecule has 1 fully saturated rings. The number of nitrogens with one attached hydrogen (secondary N) is 2. The van der Waals surface area contributed by atoms with Crippen LogP contribution in [0.1, 0.15) is 32.9 Å². The van der Waals surface area contributed by atoms with E-state index in [2.05, 4.69) is 10.6 Å². The lowest BCUT2D eigenvalue weighted by Crippen LogP contribution is -2.48. The van der Waals surface area contributed by atoms with Crippen LogP contribution in [0.25, 0.3) is 0 Å². The summed E-state index contributed by atoms with van der Waals surface area (Å²) in [6, 6.07) is 8.89. The molecule has 142 valence electrons. The van der Waals surface area contributed by atoms with Gasteiger partial charge < -0.3 is 20.5 Å². The highest BCUT2D eigenvalue weighted by molar-refractivity contribution is 7.12. The van der Waals surface area contributed by atoms with Crippen LogP contribution in [0.5, 0.6) is 0 Å². The smallest absolute Gasteiger partial charge is 0.326 e. The highest BCUT2D eigenvalue weighted by Crippen LogP contribution is 2.19. The van der Waals surface area contributed by atoms with E-state index in [1.165, 1.54) is 17.4 Å². The van der Waals surface area contributed by atoms with E-state index in [9.17, 15) is 19.5 Å². The van der Waals surface area contributed by atoms with Crippen molar-refractivity contribution >= 4 is 34.8 Å². The summed E-state index contributed by atoms with van der Waals surface area (Å²) in [6.45, 7) is 0.928. The van der Waals surface area contributed by atoms with Gasteiger partial charge in [0.25, 0.3) is 11.8 Å². The van der Waals surface area contributed by atoms with Gasteiger partial charge in [0.1, 0.15) is 6.04 Å². The Kier molecular flexibility index (Phi) is 6.20. The Bertz CT molecular complexity index is 815. The first-order valence-corrected chi connectivity index (χ1v) is 9.49. The Balaban J connectivity index is 1.68. The summed E-state index contributed by atoms with van der Waals surface area (Å²) in [5, 5.41) is 16.6. The average Bonchev–Trinajstić information content (AvgIpc) is 3.21. The lowest BCUT2D eigenvalue weighted by molar-refractivity contribution is -0.142. The second-order valence-corrected chi connectivity index (χ2v) is 7.23. The third kappa shape index (κ3) is 4.93. The first kappa shape index (κ1) is 19.1. The van der Waals surface area contributed by atoms with Gasteiger partial charge in [-0.15, -0.1) is 11.3 Å². The molecule has 2 unspecified atom stereocenters. The fourth-order valence-corrected chi connectivity index (χ4v) is 3.59. The largest absolute Gasteiger partial charge is 0.480 e. The number of carboxylic acids is 1. The molecular weight excluding hydrogens is 368 g/mol. The highest BCUT2D eigenvalue weighted by atomic mass is 32.1. The summed E-state index contributed by atoms with van der Waals surface area (Å²) < 4.78 is 5.34. The summed E-state index contributed by atoms with van der Waals surface area (Å²) in [5.41, 5.74) is 0.746. The molecule has 2 heterocycles. The third-order valence-electron chi connectivity index (χ3n) is 4.35. The number of hydrogen-bond donors (Lipinski definition) is 3. The molecule has 0 radical (unpaired) electrons. The van der Waals surface area contributed by atoms with Crippen molar-refractivity contribution in [3.05, 3.63) is 52.2 Å². The molecule has 0 saturated carbocycles. The number of anilines is 1. The molecule has 0 spiro atoms. The Morgan fingerprint density at radius 1 is 1.19 bits per heavy atom. The predicted octanol–water partition coefficient (Wildman–Crippen LogP) is 2.61. The summed E-state index contributed by atoms with van der Waals surface area (Å²) in [7, 11) is 0. The highest BCUT2D eigenvalue weighted by Gasteiger charge is 2.31. The number of aliphatic carboxylic acids is 1. The number of benzene rings is 1.